The maximum atomic E-state index is 6.32. The molecule has 2 aromatic rings. The highest BCUT2D eigenvalue weighted by atomic mass is 79.9. The molecule has 18 heavy (non-hydrogen) atoms. The third-order valence-corrected chi connectivity index (χ3v) is 4.39. The Morgan fingerprint density at radius 3 is 2.67 bits per heavy atom. The molecule has 0 N–H and O–H groups in total. The first-order chi connectivity index (χ1) is 8.56. The van der Waals surface area contributed by atoms with Crippen molar-refractivity contribution in [1.82, 2.24) is 14.8 Å². The molecule has 0 radical (unpaired) electrons. The largest absolute Gasteiger partial charge is 0.308 e. The molecule has 0 unspecified atom stereocenters. The van der Waals surface area contributed by atoms with E-state index in [0.29, 0.717) is 10.4 Å². The van der Waals surface area contributed by atoms with Crippen LogP contribution in [0.3, 0.4) is 0 Å². The third-order valence-electron chi connectivity index (χ3n) is 2.59. The summed E-state index contributed by atoms with van der Waals surface area (Å²) in [6, 6.07) is 6.08. The average molecular weight is 394 g/mol. The van der Waals surface area contributed by atoms with Gasteiger partial charge < -0.3 is 4.57 Å². The normalized spacial score (nSPS) is 11.2. The number of benzene rings is 1. The summed E-state index contributed by atoms with van der Waals surface area (Å²) in [7, 11) is 0. The van der Waals surface area contributed by atoms with E-state index in [0.717, 1.165) is 21.7 Å². The van der Waals surface area contributed by atoms with Crippen LogP contribution in [0.4, 0.5) is 0 Å². The Labute approximate surface area is 128 Å². The molecule has 0 atom stereocenters. The lowest BCUT2D eigenvalue weighted by Crippen LogP contribution is -2.07. The second-order valence-corrected chi connectivity index (χ2v) is 5.93. The zero-order valence-corrected chi connectivity index (χ0v) is 13.9. The number of hydrogen-bond donors (Lipinski definition) is 0. The van der Waals surface area contributed by atoms with Gasteiger partial charge in [0.15, 0.2) is 5.82 Å². The van der Waals surface area contributed by atoms with Crippen LogP contribution >= 0.6 is 43.5 Å². The van der Waals surface area contributed by atoms with Crippen LogP contribution in [0.2, 0.25) is 5.02 Å². The SMILES string of the molecule is CC(C)n1c(CBr)nnc1-c1cccc(Br)c1Cl. The highest BCUT2D eigenvalue weighted by Crippen LogP contribution is 2.34. The van der Waals surface area contributed by atoms with Crippen molar-refractivity contribution in [2.75, 3.05) is 0 Å². The van der Waals surface area contributed by atoms with Crippen molar-refractivity contribution in [3.8, 4) is 11.4 Å². The third kappa shape index (κ3) is 2.49. The van der Waals surface area contributed by atoms with Crippen LogP contribution in [0.1, 0.15) is 25.7 Å². The number of halogens is 3. The van der Waals surface area contributed by atoms with Crippen LogP contribution in [0.15, 0.2) is 22.7 Å². The topological polar surface area (TPSA) is 30.7 Å². The monoisotopic (exact) mass is 391 g/mol. The van der Waals surface area contributed by atoms with Gasteiger partial charge in [0.1, 0.15) is 5.82 Å². The van der Waals surface area contributed by atoms with Crippen LogP contribution in [-0.4, -0.2) is 14.8 Å². The molecule has 0 amide bonds. The summed E-state index contributed by atoms with van der Waals surface area (Å²) in [6.07, 6.45) is 0. The second-order valence-electron chi connectivity index (χ2n) is 4.14. The van der Waals surface area contributed by atoms with E-state index < -0.39 is 0 Å². The second kappa shape index (κ2) is 5.72. The molecule has 1 aromatic carbocycles. The van der Waals surface area contributed by atoms with Gasteiger partial charge in [-0.1, -0.05) is 33.6 Å². The molecule has 0 aliphatic carbocycles. The Morgan fingerprint density at radius 2 is 2.06 bits per heavy atom. The number of hydrogen-bond acceptors (Lipinski definition) is 2. The van der Waals surface area contributed by atoms with E-state index in [-0.39, 0.29) is 6.04 Å². The molecule has 0 fully saturated rings. The molecule has 1 aromatic heterocycles. The zero-order valence-electron chi connectivity index (χ0n) is 9.99. The van der Waals surface area contributed by atoms with E-state index in [1.807, 2.05) is 18.2 Å². The Kier molecular flexibility index (Phi) is 4.45. The number of aromatic nitrogens is 3. The van der Waals surface area contributed by atoms with Gasteiger partial charge in [-0.05, 0) is 41.9 Å². The first kappa shape index (κ1) is 14.0. The molecule has 0 aliphatic rings. The fraction of sp³-hybridized carbons (Fsp3) is 0.333. The summed E-state index contributed by atoms with van der Waals surface area (Å²) in [6.45, 7) is 4.20. The van der Waals surface area contributed by atoms with Gasteiger partial charge in [0, 0.05) is 16.1 Å². The first-order valence-corrected chi connectivity index (χ1v) is 7.79. The van der Waals surface area contributed by atoms with Gasteiger partial charge in [-0.25, -0.2) is 0 Å². The molecule has 6 heteroatoms. The van der Waals surface area contributed by atoms with Crippen molar-refractivity contribution in [3.63, 3.8) is 0 Å². The molecule has 3 nitrogen and oxygen atoms in total. The lowest BCUT2D eigenvalue weighted by molar-refractivity contribution is 0.586. The Balaban J connectivity index is 2.64. The fourth-order valence-corrected chi connectivity index (χ4v) is 2.78. The highest BCUT2D eigenvalue weighted by molar-refractivity contribution is 9.10. The maximum Gasteiger partial charge on any atom is 0.165 e. The van der Waals surface area contributed by atoms with Gasteiger partial charge in [0.2, 0.25) is 0 Å². The molecule has 0 saturated heterocycles. The van der Waals surface area contributed by atoms with E-state index in [4.69, 9.17) is 11.6 Å². The fourth-order valence-electron chi connectivity index (χ4n) is 1.82. The molecular weight excluding hydrogens is 381 g/mol. The molecule has 96 valence electrons. The van der Waals surface area contributed by atoms with E-state index in [9.17, 15) is 0 Å². The van der Waals surface area contributed by atoms with E-state index in [1.165, 1.54) is 0 Å². The van der Waals surface area contributed by atoms with Crippen LogP contribution in [0, 0.1) is 0 Å². The predicted molar refractivity (Wildman–Crippen MR) is 81.2 cm³/mol. The van der Waals surface area contributed by atoms with Crippen LogP contribution in [-0.2, 0) is 5.33 Å². The minimum atomic E-state index is 0.276. The van der Waals surface area contributed by atoms with Gasteiger partial charge in [-0.3, -0.25) is 0 Å². The molecular formula is C12H12Br2ClN3. The van der Waals surface area contributed by atoms with Crippen LogP contribution < -0.4 is 0 Å². The maximum absolute atomic E-state index is 6.32. The highest BCUT2D eigenvalue weighted by Gasteiger charge is 2.18. The Morgan fingerprint density at radius 1 is 1.33 bits per heavy atom. The van der Waals surface area contributed by atoms with Crippen molar-refractivity contribution < 1.29 is 0 Å². The quantitative estimate of drug-likeness (QED) is 0.699. The van der Waals surface area contributed by atoms with Gasteiger partial charge in [-0.2, -0.15) is 0 Å². The van der Waals surface area contributed by atoms with Gasteiger partial charge in [0.25, 0.3) is 0 Å². The predicted octanol–water partition coefficient (Wildman–Crippen LogP) is 4.84. The minimum Gasteiger partial charge on any atom is -0.308 e. The summed E-state index contributed by atoms with van der Waals surface area (Å²) in [4.78, 5) is 0. The number of nitrogens with zero attached hydrogens (tertiary/aromatic N) is 3. The lowest BCUT2D eigenvalue weighted by atomic mass is 10.2. The average Bonchev–Trinajstić information content (AvgIpc) is 2.76. The summed E-state index contributed by atoms with van der Waals surface area (Å²) < 4.78 is 2.95. The first-order valence-electron chi connectivity index (χ1n) is 5.50. The smallest absolute Gasteiger partial charge is 0.165 e. The van der Waals surface area contributed by atoms with Crippen molar-refractivity contribution in [1.29, 1.82) is 0 Å². The van der Waals surface area contributed by atoms with Crippen molar-refractivity contribution in [2.24, 2.45) is 0 Å². The Hall–Kier alpha value is -0.390. The van der Waals surface area contributed by atoms with E-state index >= 15 is 0 Å². The van der Waals surface area contributed by atoms with Crippen molar-refractivity contribution in [3.05, 3.63) is 33.5 Å². The molecule has 2 rings (SSSR count). The number of rotatable bonds is 3. The lowest BCUT2D eigenvalue weighted by Gasteiger charge is -2.14. The summed E-state index contributed by atoms with van der Waals surface area (Å²) in [5.41, 5.74) is 0.888. The van der Waals surface area contributed by atoms with Crippen LogP contribution in [0.25, 0.3) is 11.4 Å². The zero-order chi connectivity index (χ0) is 13.3. The molecule has 0 aliphatic heterocycles. The van der Waals surface area contributed by atoms with Crippen molar-refractivity contribution >= 4 is 43.5 Å². The van der Waals surface area contributed by atoms with Gasteiger partial charge >= 0.3 is 0 Å². The summed E-state index contributed by atoms with van der Waals surface area (Å²) >= 11 is 13.2. The van der Waals surface area contributed by atoms with Crippen molar-refractivity contribution in [2.45, 2.75) is 25.2 Å². The summed E-state index contributed by atoms with van der Waals surface area (Å²) in [5.74, 6) is 1.70. The standard InChI is InChI=1S/C12H12Br2ClN3/c1-7(2)18-10(6-13)16-17-12(18)8-4-3-5-9(14)11(8)15/h3-5,7H,6H2,1-2H3. The molecule has 0 bridgehead atoms. The minimum absolute atomic E-state index is 0.276. The molecule has 0 saturated carbocycles. The molecule has 0 spiro atoms. The van der Waals surface area contributed by atoms with Gasteiger partial charge in [0.05, 0.1) is 10.4 Å². The van der Waals surface area contributed by atoms with Crippen LogP contribution in [0.5, 0.6) is 0 Å². The van der Waals surface area contributed by atoms with Gasteiger partial charge in [-0.15, -0.1) is 10.2 Å². The summed E-state index contributed by atoms with van der Waals surface area (Å²) in [5, 5.41) is 9.78. The van der Waals surface area contributed by atoms with E-state index in [1.54, 1.807) is 0 Å². The Bertz CT molecular complexity index is 566. The number of alkyl halides is 1. The van der Waals surface area contributed by atoms with E-state index in [2.05, 4.69) is 60.5 Å². The molecule has 1 heterocycles.